The molecule has 27 heavy (non-hydrogen) atoms. The van der Waals surface area contributed by atoms with Crippen molar-refractivity contribution in [2.75, 3.05) is 0 Å². The molecule has 0 spiro atoms. The Morgan fingerprint density at radius 1 is 0.741 bits per heavy atom. The van der Waals surface area contributed by atoms with Gasteiger partial charge in [-0.05, 0) is 36.4 Å². The molecule has 0 fully saturated rings. The Kier molecular flexibility index (Phi) is 3.14. The molecule has 5 aromatic rings. The molecule has 0 aliphatic rings. The van der Waals surface area contributed by atoms with E-state index < -0.39 is 5.63 Å². The van der Waals surface area contributed by atoms with Gasteiger partial charge in [-0.3, -0.25) is 4.79 Å². The molecule has 3 heterocycles. The summed E-state index contributed by atoms with van der Waals surface area (Å²) in [6, 6.07) is 16.6. The van der Waals surface area contributed by atoms with Crippen molar-refractivity contribution in [2.24, 2.45) is 0 Å². The lowest BCUT2D eigenvalue weighted by Crippen LogP contribution is -2.07. The molecule has 0 aliphatic carbocycles. The minimum atomic E-state index is -0.721. The van der Waals surface area contributed by atoms with Crippen molar-refractivity contribution in [2.45, 2.75) is 0 Å². The predicted molar refractivity (Wildman–Crippen MR) is 101 cm³/mol. The number of aromatic nitrogens is 1. The van der Waals surface area contributed by atoms with E-state index in [-0.39, 0.29) is 33.7 Å². The van der Waals surface area contributed by atoms with Crippen LogP contribution >= 0.6 is 0 Å². The molecular formula is C21H11NO5. The fourth-order valence-corrected chi connectivity index (χ4v) is 3.18. The third-order valence-corrected chi connectivity index (χ3v) is 4.49. The summed E-state index contributed by atoms with van der Waals surface area (Å²) in [4.78, 5) is 29.3. The van der Waals surface area contributed by atoms with Gasteiger partial charge in [-0.15, -0.1) is 0 Å². The summed E-state index contributed by atoms with van der Waals surface area (Å²) in [6.07, 6.45) is 0. The molecule has 0 saturated carbocycles. The normalized spacial score (nSPS) is 11.4. The van der Waals surface area contributed by atoms with E-state index in [1.165, 1.54) is 12.1 Å². The van der Waals surface area contributed by atoms with Crippen molar-refractivity contribution in [1.29, 1.82) is 0 Å². The van der Waals surface area contributed by atoms with Crippen LogP contribution in [0.4, 0.5) is 0 Å². The average molecular weight is 357 g/mol. The lowest BCUT2D eigenvalue weighted by Gasteiger charge is -2.07. The molecule has 5 rings (SSSR count). The van der Waals surface area contributed by atoms with Gasteiger partial charge in [0.2, 0.25) is 11.1 Å². The van der Waals surface area contributed by atoms with Crippen LogP contribution in [0.1, 0.15) is 0 Å². The van der Waals surface area contributed by atoms with Gasteiger partial charge in [0.05, 0.1) is 21.9 Å². The molecule has 130 valence electrons. The maximum atomic E-state index is 12.6. The quantitative estimate of drug-likeness (QED) is 0.362. The summed E-state index contributed by atoms with van der Waals surface area (Å²) >= 11 is 0. The number of hydrogen-bond donors (Lipinski definition) is 1. The highest BCUT2D eigenvalue weighted by molar-refractivity contribution is 5.92. The zero-order valence-electron chi connectivity index (χ0n) is 13.8. The predicted octanol–water partition coefficient (Wildman–Crippen LogP) is 3.82. The van der Waals surface area contributed by atoms with Crippen molar-refractivity contribution < 1.29 is 13.9 Å². The van der Waals surface area contributed by atoms with Crippen molar-refractivity contribution in [3.8, 4) is 17.0 Å². The van der Waals surface area contributed by atoms with Crippen molar-refractivity contribution in [3.63, 3.8) is 0 Å². The number of benzene rings is 2. The highest BCUT2D eigenvalue weighted by atomic mass is 16.4. The Morgan fingerprint density at radius 3 is 2.19 bits per heavy atom. The van der Waals surface area contributed by atoms with Gasteiger partial charge in [-0.1, -0.05) is 24.3 Å². The molecule has 6 nitrogen and oxygen atoms in total. The van der Waals surface area contributed by atoms with Crippen molar-refractivity contribution in [1.82, 2.24) is 4.98 Å². The summed E-state index contributed by atoms with van der Waals surface area (Å²) in [6.45, 7) is 0. The van der Waals surface area contributed by atoms with Gasteiger partial charge in [0.1, 0.15) is 22.5 Å². The van der Waals surface area contributed by atoms with Gasteiger partial charge in [-0.25, -0.2) is 9.78 Å². The molecule has 2 aromatic carbocycles. The summed E-state index contributed by atoms with van der Waals surface area (Å²) in [5.74, 6) is -0.225. The minimum Gasteiger partial charge on any atom is -0.506 e. The number of nitrogens with zero attached hydrogens (tertiary/aromatic N) is 1. The second kappa shape index (κ2) is 5.54. The summed E-state index contributed by atoms with van der Waals surface area (Å²) in [5, 5.41) is 11.7. The maximum absolute atomic E-state index is 12.6. The number of para-hydroxylation sites is 2. The number of hydrogen-bond acceptors (Lipinski definition) is 6. The van der Waals surface area contributed by atoms with Gasteiger partial charge < -0.3 is 13.9 Å². The van der Waals surface area contributed by atoms with Crippen molar-refractivity contribution in [3.05, 3.63) is 81.3 Å². The summed E-state index contributed by atoms with van der Waals surface area (Å²) in [7, 11) is 0. The molecule has 0 aliphatic heterocycles. The topological polar surface area (TPSA) is 93.5 Å². The second-order valence-corrected chi connectivity index (χ2v) is 6.09. The molecule has 6 heteroatoms. The second-order valence-electron chi connectivity index (χ2n) is 6.09. The molecule has 0 unspecified atom stereocenters. The molecule has 3 aromatic heterocycles. The Balaban J connectivity index is 1.84. The summed E-state index contributed by atoms with van der Waals surface area (Å²) < 4.78 is 11.0. The van der Waals surface area contributed by atoms with E-state index in [4.69, 9.17) is 8.83 Å². The van der Waals surface area contributed by atoms with Gasteiger partial charge in [0.25, 0.3) is 0 Å². The highest BCUT2D eigenvalue weighted by Gasteiger charge is 2.18. The van der Waals surface area contributed by atoms with Crippen molar-refractivity contribution >= 4 is 33.0 Å². The number of aromatic hydroxyl groups is 1. The smallest absolute Gasteiger partial charge is 0.349 e. The van der Waals surface area contributed by atoms with Crippen LogP contribution in [0.2, 0.25) is 0 Å². The lowest BCUT2D eigenvalue weighted by atomic mass is 10.1. The number of pyridine rings is 1. The minimum absolute atomic E-state index is 0.0774. The zero-order chi connectivity index (χ0) is 18.5. The third kappa shape index (κ3) is 2.23. The van der Waals surface area contributed by atoms with Gasteiger partial charge in [0, 0.05) is 0 Å². The van der Waals surface area contributed by atoms with E-state index >= 15 is 0 Å². The van der Waals surface area contributed by atoms with Gasteiger partial charge in [-0.2, -0.15) is 0 Å². The standard InChI is InChI=1S/C21H11NO5/c23-18-11-5-1-3-7-15(11)26-20-13(18)9-10-14(22-20)17-19(24)12-6-2-4-8-16(12)27-21(17)25/h1-10,24H. The van der Waals surface area contributed by atoms with E-state index in [2.05, 4.69) is 4.98 Å². The van der Waals surface area contributed by atoms with Gasteiger partial charge >= 0.3 is 5.63 Å². The first-order chi connectivity index (χ1) is 13.1. The average Bonchev–Trinajstić information content (AvgIpc) is 2.68. The zero-order valence-corrected chi connectivity index (χ0v) is 13.8. The number of fused-ring (bicyclic) bond motifs is 3. The van der Waals surface area contributed by atoms with Crippen LogP contribution in [0, 0.1) is 0 Å². The van der Waals surface area contributed by atoms with Crippen LogP contribution in [-0.2, 0) is 0 Å². The van der Waals surface area contributed by atoms with Crippen LogP contribution < -0.4 is 11.1 Å². The third-order valence-electron chi connectivity index (χ3n) is 4.49. The molecule has 1 N–H and O–H groups in total. The van der Waals surface area contributed by atoms with E-state index in [9.17, 15) is 14.7 Å². The first-order valence-corrected chi connectivity index (χ1v) is 8.21. The molecule has 0 atom stereocenters. The molecular weight excluding hydrogens is 346 g/mol. The Morgan fingerprint density at radius 2 is 1.41 bits per heavy atom. The van der Waals surface area contributed by atoms with Crippen LogP contribution in [0.25, 0.3) is 44.3 Å². The first-order valence-electron chi connectivity index (χ1n) is 8.21. The van der Waals surface area contributed by atoms with E-state index in [1.54, 1.807) is 48.5 Å². The Hall–Kier alpha value is -3.93. The molecule has 0 bridgehead atoms. The maximum Gasteiger partial charge on any atom is 0.349 e. The fourth-order valence-electron chi connectivity index (χ4n) is 3.18. The first kappa shape index (κ1) is 15.3. The summed E-state index contributed by atoms with van der Waals surface area (Å²) in [5.41, 5.74) is -0.0779. The van der Waals surface area contributed by atoms with Crippen LogP contribution in [-0.4, -0.2) is 10.1 Å². The lowest BCUT2D eigenvalue weighted by molar-refractivity contribution is 0.471. The number of rotatable bonds is 1. The van der Waals surface area contributed by atoms with E-state index in [0.29, 0.717) is 21.7 Å². The SMILES string of the molecule is O=c1oc2ccccc2c(O)c1-c1ccc2c(=O)c3ccccc3oc2n1. The fraction of sp³-hybridized carbons (Fsp3) is 0. The van der Waals surface area contributed by atoms with Crippen LogP contribution in [0.5, 0.6) is 5.75 Å². The highest BCUT2D eigenvalue weighted by Crippen LogP contribution is 2.32. The Labute approximate surface area is 150 Å². The molecule has 0 amide bonds. The largest absolute Gasteiger partial charge is 0.506 e. The Bertz CT molecular complexity index is 1480. The van der Waals surface area contributed by atoms with E-state index in [1.807, 2.05) is 0 Å². The molecule has 0 radical (unpaired) electrons. The monoisotopic (exact) mass is 357 g/mol. The van der Waals surface area contributed by atoms with Gasteiger partial charge in [0.15, 0.2) is 0 Å². The molecule has 0 saturated heterocycles. The van der Waals surface area contributed by atoms with Crippen LogP contribution in [0.3, 0.4) is 0 Å². The van der Waals surface area contributed by atoms with E-state index in [0.717, 1.165) is 0 Å². The van der Waals surface area contributed by atoms with Crippen LogP contribution in [0.15, 0.2) is 79.1 Å².